The molecule has 0 aliphatic rings. The summed E-state index contributed by atoms with van der Waals surface area (Å²) in [7, 11) is -0.407. The number of nitrogens with two attached hydrogens (primary N) is 1. The minimum atomic E-state index is -3.32. The summed E-state index contributed by atoms with van der Waals surface area (Å²) in [6.07, 6.45) is 0. The third-order valence-electron chi connectivity index (χ3n) is 3.13. The molecule has 0 saturated carbocycles. The molecule has 7 nitrogen and oxygen atoms in total. The van der Waals surface area contributed by atoms with Gasteiger partial charge in [0.15, 0.2) is 0 Å². The molecule has 2 rings (SSSR count). The fourth-order valence-corrected chi connectivity index (χ4v) is 2.60. The van der Waals surface area contributed by atoms with Crippen LogP contribution in [0.4, 0.5) is 5.69 Å². The number of rotatable bonds is 5. The number of amides is 1. The first-order valence-corrected chi connectivity index (χ1v) is 7.98. The van der Waals surface area contributed by atoms with Crippen molar-refractivity contribution in [2.45, 2.75) is 0 Å². The molecule has 0 radical (unpaired) electrons. The number of carbonyl (C=O) groups is 1. The Hall–Kier alpha value is -2.06. The van der Waals surface area contributed by atoms with Gasteiger partial charge in [-0.05, 0) is 12.1 Å². The zero-order valence-electron chi connectivity index (χ0n) is 11.9. The zero-order valence-corrected chi connectivity index (χ0v) is 12.7. The summed E-state index contributed by atoms with van der Waals surface area (Å²) >= 11 is 0. The monoisotopic (exact) mass is 310 g/mol. The van der Waals surface area contributed by atoms with E-state index in [1.54, 1.807) is 18.2 Å². The van der Waals surface area contributed by atoms with Gasteiger partial charge in [-0.2, -0.15) is 0 Å². The summed E-state index contributed by atoms with van der Waals surface area (Å²) in [6.45, 7) is 0.0458. The number of hydrogen-bond acceptors (Lipinski definition) is 4. The fourth-order valence-electron chi connectivity index (χ4n) is 1.87. The van der Waals surface area contributed by atoms with Crippen LogP contribution in [0.25, 0.3) is 10.9 Å². The first-order chi connectivity index (χ1) is 9.81. The number of nitrogens with zero attached hydrogens (tertiary/aromatic N) is 1. The van der Waals surface area contributed by atoms with Gasteiger partial charge >= 0.3 is 0 Å². The number of aromatic nitrogens is 1. The van der Waals surface area contributed by atoms with Gasteiger partial charge in [-0.1, -0.05) is 12.1 Å². The Balaban J connectivity index is 2.05. The van der Waals surface area contributed by atoms with Crippen molar-refractivity contribution in [2.24, 2.45) is 0 Å². The van der Waals surface area contributed by atoms with E-state index < -0.39 is 10.0 Å². The lowest BCUT2D eigenvalue weighted by Gasteiger charge is -2.11. The summed E-state index contributed by atoms with van der Waals surface area (Å²) in [5.74, 6) is -0.506. The van der Waals surface area contributed by atoms with Gasteiger partial charge in [0.25, 0.3) is 5.91 Å². The predicted octanol–water partition coefficient (Wildman–Crippen LogP) is 0.371. The van der Waals surface area contributed by atoms with Crippen molar-refractivity contribution in [1.82, 2.24) is 14.6 Å². The van der Waals surface area contributed by atoms with E-state index in [1.165, 1.54) is 14.1 Å². The van der Waals surface area contributed by atoms with Crippen LogP contribution in [0.2, 0.25) is 0 Å². The normalized spacial score (nSPS) is 12.0. The van der Waals surface area contributed by atoms with Gasteiger partial charge in [-0.25, -0.2) is 12.7 Å². The Labute approximate surface area is 123 Å². The Morgan fingerprint density at radius 3 is 2.71 bits per heavy atom. The van der Waals surface area contributed by atoms with Crippen LogP contribution >= 0.6 is 0 Å². The van der Waals surface area contributed by atoms with Crippen LogP contribution in [-0.4, -0.2) is 50.0 Å². The minimum absolute atomic E-state index is 0.0458. The third-order valence-corrected chi connectivity index (χ3v) is 4.97. The number of nitrogens with one attached hydrogen (secondary N) is 2. The molecule has 1 aromatic heterocycles. The van der Waals surface area contributed by atoms with Crippen molar-refractivity contribution in [3.05, 3.63) is 30.0 Å². The van der Waals surface area contributed by atoms with Crippen molar-refractivity contribution in [3.63, 3.8) is 0 Å². The highest BCUT2D eigenvalue weighted by Crippen LogP contribution is 2.20. The van der Waals surface area contributed by atoms with Crippen molar-refractivity contribution in [3.8, 4) is 0 Å². The SMILES string of the molecule is CN(C)S(=O)(=O)CCNC(=O)c1cc2cccc(N)c2[nH]1. The van der Waals surface area contributed by atoms with E-state index in [4.69, 9.17) is 5.73 Å². The van der Waals surface area contributed by atoms with Crippen LogP contribution in [-0.2, 0) is 10.0 Å². The van der Waals surface area contributed by atoms with Crippen LogP contribution in [0, 0.1) is 0 Å². The van der Waals surface area contributed by atoms with Crippen LogP contribution in [0.1, 0.15) is 10.5 Å². The molecule has 0 atom stereocenters. The molecule has 0 bridgehead atoms. The molecule has 1 amide bonds. The second kappa shape index (κ2) is 5.74. The Bertz CT molecular complexity index is 765. The van der Waals surface area contributed by atoms with Crippen molar-refractivity contribution in [2.75, 3.05) is 32.1 Å². The topological polar surface area (TPSA) is 108 Å². The molecule has 0 spiro atoms. The number of sulfonamides is 1. The maximum absolute atomic E-state index is 12.0. The second-order valence-corrected chi connectivity index (χ2v) is 7.15. The highest BCUT2D eigenvalue weighted by atomic mass is 32.2. The molecule has 0 saturated heterocycles. The minimum Gasteiger partial charge on any atom is -0.397 e. The van der Waals surface area contributed by atoms with Crippen LogP contribution in [0.15, 0.2) is 24.3 Å². The molecule has 21 heavy (non-hydrogen) atoms. The van der Waals surface area contributed by atoms with E-state index in [0.717, 1.165) is 9.69 Å². The lowest BCUT2D eigenvalue weighted by molar-refractivity contribution is 0.0952. The van der Waals surface area contributed by atoms with Crippen LogP contribution in [0.5, 0.6) is 0 Å². The van der Waals surface area contributed by atoms with Gasteiger partial charge < -0.3 is 16.0 Å². The molecule has 0 fully saturated rings. The van der Waals surface area contributed by atoms with E-state index in [0.29, 0.717) is 16.9 Å². The van der Waals surface area contributed by atoms with Gasteiger partial charge in [-0.15, -0.1) is 0 Å². The molecule has 4 N–H and O–H groups in total. The molecule has 1 aromatic carbocycles. The lowest BCUT2D eigenvalue weighted by atomic mass is 10.2. The summed E-state index contributed by atoms with van der Waals surface area (Å²) in [6, 6.07) is 7.07. The molecule has 0 unspecified atom stereocenters. The van der Waals surface area contributed by atoms with Gasteiger partial charge in [0.2, 0.25) is 10.0 Å². The number of para-hydroxylation sites is 1. The maximum Gasteiger partial charge on any atom is 0.267 e. The van der Waals surface area contributed by atoms with E-state index in [-0.39, 0.29) is 18.2 Å². The van der Waals surface area contributed by atoms with E-state index in [1.807, 2.05) is 6.07 Å². The number of nitrogen functional groups attached to an aromatic ring is 1. The summed E-state index contributed by atoms with van der Waals surface area (Å²) in [5, 5.41) is 3.41. The molecule has 1 heterocycles. The standard InChI is InChI=1S/C13H18N4O3S/c1-17(2)21(19,20)7-6-15-13(18)11-8-9-4-3-5-10(14)12(9)16-11/h3-5,8,16H,6-7,14H2,1-2H3,(H,15,18). The summed E-state index contributed by atoms with van der Waals surface area (Å²) in [5.41, 5.74) is 7.42. The number of benzene rings is 1. The second-order valence-electron chi connectivity index (χ2n) is 4.85. The average molecular weight is 310 g/mol. The molecule has 0 aliphatic heterocycles. The Kier molecular flexibility index (Phi) is 4.19. The highest BCUT2D eigenvalue weighted by molar-refractivity contribution is 7.89. The summed E-state index contributed by atoms with van der Waals surface area (Å²) in [4.78, 5) is 14.9. The van der Waals surface area contributed by atoms with Gasteiger partial charge in [-0.3, -0.25) is 4.79 Å². The molecule has 8 heteroatoms. The molecule has 2 aromatic rings. The zero-order chi connectivity index (χ0) is 15.6. The number of carbonyl (C=O) groups excluding carboxylic acids is 1. The number of fused-ring (bicyclic) bond motifs is 1. The quantitative estimate of drug-likeness (QED) is 0.693. The van der Waals surface area contributed by atoms with Crippen LogP contribution < -0.4 is 11.1 Å². The first-order valence-electron chi connectivity index (χ1n) is 6.37. The lowest BCUT2D eigenvalue weighted by Crippen LogP contribution is -2.34. The van der Waals surface area contributed by atoms with Crippen molar-refractivity contribution in [1.29, 1.82) is 0 Å². The molecular formula is C13H18N4O3S. The van der Waals surface area contributed by atoms with E-state index in [9.17, 15) is 13.2 Å². The number of anilines is 1. The van der Waals surface area contributed by atoms with Gasteiger partial charge in [0, 0.05) is 26.0 Å². The number of hydrogen-bond donors (Lipinski definition) is 3. The largest absolute Gasteiger partial charge is 0.397 e. The fraction of sp³-hybridized carbons (Fsp3) is 0.308. The van der Waals surface area contributed by atoms with Gasteiger partial charge in [0.1, 0.15) is 5.69 Å². The molecular weight excluding hydrogens is 292 g/mol. The highest BCUT2D eigenvalue weighted by Gasteiger charge is 2.15. The van der Waals surface area contributed by atoms with E-state index in [2.05, 4.69) is 10.3 Å². The molecule has 114 valence electrons. The third kappa shape index (κ3) is 3.34. The molecule has 0 aliphatic carbocycles. The number of aromatic amines is 1. The maximum atomic E-state index is 12.0. The van der Waals surface area contributed by atoms with Gasteiger partial charge in [0.05, 0.1) is 17.0 Å². The average Bonchev–Trinajstić information content (AvgIpc) is 2.83. The summed E-state index contributed by atoms with van der Waals surface area (Å²) < 4.78 is 24.3. The number of H-pyrrole nitrogens is 1. The smallest absolute Gasteiger partial charge is 0.267 e. The predicted molar refractivity (Wildman–Crippen MR) is 82.5 cm³/mol. The van der Waals surface area contributed by atoms with E-state index >= 15 is 0 Å². The Morgan fingerprint density at radius 1 is 1.38 bits per heavy atom. The van der Waals surface area contributed by atoms with Crippen molar-refractivity contribution >= 4 is 32.5 Å². The van der Waals surface area contributed by atoms with Crippen LogP contribution in [0.3, 0.4) is 0 Å². The van der Waals surface area contributed by atoms with Crippen molar-refractivity contribution < 1.29 is 13.2 Å². The first kappa shape index (κ1) is 15.3. The Morgan fingerprint density at radius 2 is 2.10 bits per heavy atom.